The van der Waals surface area contributed by atoms with Gasteiger partial charge in [0.05, 0.1) is 0 Å². The zero-order valence-electron chi connectivity index (χ0n) is 28.8. The summed E-state index contributed by atoms with van der Waals surface area (Å²) >= 11 is 0. The molecule has 0 heteroatoms. The van der Waals surface area contributed by atoms with Crippen LogP contribution in [0.1, 0.15) is 25.0 Å². The van der Waals surface area contributed by atoms with Gasteiger partial charge in [0.25, 0.3) is 0 Å². The minimum Gasteiger partial charge on any atom is -0.0622 e. The molecule has 0 unspecified atom stereocenters. The van der Waals surface area contributed by atoms with Gasteiger partial charge in [0.15, 0.2) is 0 Å². The largest absolute Gasteiger partial charge is 0.0622 e. The summed E-state index contributed by atoms with van der Waals surface area (Å²) in [7, 11) is 0. The molecule has 0 N–H and O–H groups in total. The zero-order valence-corrected chi connectivity index (χ0v) is 28.8. The first-order valence-corrected chi connectivity index (χ1v) is 17.9. The van der Waals surface area contributed by atoms with Crippen molar-refractivity contribution in [1.29, 1.82) is 0 Å². The van der Waals surface area contributed by atoms with Gasteiger partial charge in [0.1, 0.15) is 0 Å². The highest BCUT2D eigenvalue weighted by molar-refractivity contribution is 6.23. The van der Waals surface area contributed by atoms with E-state index in [1.54, 1.807) is 0 Å². The molecule has 0 fully saturated rings. The Kier molecular flexibility index (Phi) is 6.63. The quantitative estimate of drug-likeness (QED) is 0.167. The normalized spacial score (nSPS) is 13.1. The SMILES string of the molecule is CC1(C)c2ccccc2-c2ccc(-c3cc(-c4c5ccccc5c(-c5ccccc5-c5ccccc5)c5ccccc45)cc4ccccc34)cc21. The first kappa shape index (κ1) is 29.7. The van der Waals surface area contributed by atoms with Gasteiger partial charge in [-0.05, 0) is 117 Å². The average Bonchev–Trinajstić information content (AvgIpc) is 3.42. The predicted octanol–water partition coefficient (Wildman–Crippen LogP) is 14.1. The first-order valence-electron chi connectivity index (χ1n) is 17.9. The minimum atomic E-state index is -0.0619. The second-order valence-electron chi connectivity index (χ2n) is 14.4. The molecule has 10 rings (SSSR count). The van der Waals surface area contributed by atoms with Crippen LogP contribution in [-0.2, 0) is 5.41 Å². The van der Waals surface area contributed by atoms with Crippen molar-refractivity contribution in [3.8, 4) is 55.6 Å². The molecule has 0 saturated heterocycles. The molecule has 0 atom stereocenters. The number of benzene rings is 9. The molecule has 0 nitrogen and oxygen atoms in total. The predicted molar refractivity (Wildman–Crippen MR) is 218 cm³/mol. The van der Waals surface area contributed by atoms with Gasteiger partial charge in [-0.2, -0.15) is 0 Å². The summed E-state index contributed by atoms with van der Waals surface area (Å²) in [5.41, 5.74) is 15.5. The molecule has 0 spiro atoms. The minimum absolute atomic E-state index is 0.0619. The molecular formula is C51H36. The molecule has 51 heavy (non-hydrogen) atoms. The van der Waals surface area contributed by atoms with E-state index in [1.807, 2.05) is 0 Å². The molecule has 0 bridgehead atoms. The van der Waals surface area contributed by atoms with E-state index in [2.05, 4.69) is 196 Å². The maximum atomic E-state index is 2.46. The van der Waals surface area contributed by atoms with E-state index in [0.717, 1.165) is 0 Å². The summed E-state index contributed by atoms with van der Waals surface area (Å²) < 4.78 is 0. The molecule has 1 aliphatic carbocycles. The van der Waals surface area contributed by atoms with Gasteiger partial charge in [0.2, 0.25) is 0 Å². The fraction of sp³-hybridized carbons (Fsp3) is 0.0588. The molecule has 1 aliphatic rings. The number of hydrogen-bond donors (Lipinski definition) is 0. The fourth-order valence-electron chi connectivity index (χ4n) is 8.87. The van der Waals surface area contributed by atoms with E-state index in [1.165, 1.54) is 99.1 Å². The number of hydrogen-bond acceptors (Lipinski definition) is 0. The number of fused-ring (bicyclic) bond motifs is 6. The van der Waals surface area contributed by atoms with Crippen molar-refractivity contribution in [2.24, 2.45) is 0 Å². The van der Waals surface area contributed by atoms with Gasteiger partial charge in [-0.1, -0.05) is 178 Å². The molecule has 9 aromatic carbocycles. The van der Waals surface area contributed by atoms with Crippen LogP contribution in [0, 0.1) is 0 Å². The molecular weight excluding hydrogens is 613 g/mol. The summed E-state index contributed by atoms with van der Waals surface area (Å²) in [6.07, 6.45) is 0. The van der Waals surface area contributed by atoms with Crippen LogP contribution >= 0.6 is 0 Å². The van der Waals surface area contributed by atoms with Crippen molar-refractivity contribution in [3.05, 3.63) is 193 Å². The Morgan fingerprint density at radius 1 is 0.294 bits per heavy atom. The Morgan fingerprint density at radius 2 is 0.824 bits per heavy atom. The van der Waals surface area contributed by atoms with Gasteiger partial charge in [0, 0.05) is 5.41 Å². The van der Waals surface area contributed by atoms with Crippen LogP contribution in [0.15, 0.2) is 182 Å². The first-order chi connectivity index (χ1) is 25.1. The summed E-state index contributed by atoms with van der Waals surface area (Å²) in [6.45, 7) is 4.73. The van der Waals surface area contributed by atoms with E-state index in [0.29, 0.717) is 0 Å². The lowest BCUT2D eigenvalue weighted by atomic mass is 9.81. The summed E-state index contributed by atoms with van der Waals surface area (Å²) in [4.78, 5) is 0. The van der Waals surface area contributed by atoms with Crippen LogP contribution < -0.4 is 0 Å². The van der Waals surface area contributed by atoms with Crippen LogP contribution in [0.3, 0.4) is 0 Å². The molecule has 9 aromatic rings. The topological polar surface area (TPSA) is 0 Å². The maximum absolute atomic E-state index is 2.46. The lowest BCUT2D eigenvalue weighted by Crippen LogP contribution is -2.14. The van der Waals surface area contributed by atoms with Crippen LogP contribution in [-0.4, -0.2) is 0 Å². The van der Waals surface area contributed by atoms with E-state index in [9.17, 15) is 0 Å². The van der Waals surface area contributed by atoms with E-state index in [4.69, 9.17) is 0 Å². The molecule has 0 amide bonds. The Morgan fingerprint density at radius 3 is 1.53 bits per heavy atom. The van der Waals surface area contributed by atoms with E-state index < -0.39 is 0 Å². The van der Waals surface area contributed by atoms with Gasteiger partial charge in [-0.15, -0.1) is 0 Å². The second-order valence-corrected chi connectivity index (χ2v) is 14.4. The van der Waals surface area contributed by atoms with Crippen molar-refractivity contribution < 1.29 is 0 Å². The highest BCUT2D eigenvalue weighted by Crippen LogP contribution is 2.51. The third-order valence-corrected chi connectivity index (χ3v) is 11.3. The zero-order chi connectivity index (χ0) is 34.1. The van der Waals surface area contributed by atoms with Crippen molar-refractivity contribution in [2.45, 2.75) is 19.3 Å². The smallest absolute Gasteiger partial charge is 0.0159 e. The van der Waals surface area contributed by atoms with Crippen molar-refractivity contribution in [2.75, 3.05) is 0 Å². The molecule has 0 aliphatic heterocycles. The molecule has 0 radical (unpaired) electrons. The third-order valence-electron chi connectivity index (χ3n) is 11.3. The third kappa shape index (κ3) is 4.53. The molecule has 0 aromatic heterocycles. The Labute approximate surface area is 299 Å². The lowest BCUT2D eigenvalue weighted by molar-refractivity contribution is 0.660. The Balaban J connectivity index is 1.25. The summed E-state index contributed by atoms with van der Waals surface area (Å²) in [5.74, 6) is 0. The van der Waals surface area contributed by atoms with Gasteiger partial charge in [-0.3, -0.25) is 0 Å². The van der Waals surface area contributed by atoms with Gasteiger partial charge >= 0.3 is 0 Å². The van der Waals surface area contributed by atoms with E-state index in [-0.39, 0.29) is 5.41 Å². The van der Waals surface area contributed by atoms with Crippen molar-refractivity contribution in [3.63, 3.8) is 0 Å². The van der Waals surface area contributed by atoms with Crippen molar-refractivity contribution in [1.82, 2.24) is 0 Å². The summed E-state index contributed by atoms with van der Waals surface area (Å²) in [6, 6.07) is 67.4. The van der Waals surface area contributed by atoms with Crippen LogP contribution in [0.5, 0.6) is 0 Å². The van der Waals surface area contributed by atoms with Crippen molar-refractivity contribution >= 4 is 32.3 Å². The average molecular weight is 649 g/mol. The molecule has 0 saturated carbocycles. The van der Waals surface area contributed by atoms with E-state index >= 15 is 0 Å². The summed E-state index contributed by atoms with van der Waals surface area (Å²) in [5, 5.41) is 7.58. The van der Waals surface area contributed by atoms with Crippen LogP contribution in [0.4, 0.5) is 0 Å². The molecule has 0 heterocycles. The second kappa shape index (κ2) is 11.4. The van der Waals surface area contributed by atoms with Gasteiger partial charge in [-0.25, -0.2) is 0 Å². The van der Waals surface area contributed by atoms with Crippen LogP contribution in [0.25, 0.3) is 88.0 Å². The Hall–Kier alpha value is -6.24. The van der Waals surface area contributed by atoms with Crippen LogP contribution in [0.2, 0.25) is 0 Å². The fourth-order valence-corrected chi connectivity index (χ4v) is 8.87. The number of rotatable bonds is 4. The monoisotopic (exact) mass is 648 g/mol. The highest BCUT2D eigenvalue weighted by atomic mass is 14.4. The van der Waals surface area contributed by atoms with Gasteiger partial charge < -0.3 is 0 Å². The Bertz CT molecular complexity index is 2760. The maximum Gasteiger partial charge on any atom is 0.0159 e. The molecule has 240 valence electrons. The standard InChI is InChI=1S/C51H36/c1-51(2)47-27-15-14-21-39(47)40-29-28-35(32-48(40)51)46-31-36(30-34-18-6-7-20-38(34)46)49-42-23-10-12-25-44(42)50(45-26-13-11-24-43(45)49)41-22-9-8-19-37(41)33-16-4-3-5-17-33/h3-32H,1-2H3. The highest BCUT2D eigenvalue weighted by Gasteiger charge is 2.35. The lowest BCUT2D eigenvalue weighted by Gasteiger charge is -2.22.